The predicted molar refractivity (Wildman–Crippen MR) is 82.5 cm³/mol. The minimum absolute atomic E-state index is 0.0217. The van der Waals surface area contributed by atoms with Crippen molar-refractivity contribution in [3.05, 3.63) is 30.3 Å². The molecule has 2 aliphatic rings. The van der Waals surface area contributed by atoms with Crippen molar-refractivity contribution in [1.82, 2.24) is 10.2 Å². The van der Waals surface area contributed by atoms with E-state index in [1.165, 1.54) is 12.0 Å². The quantitative estimate of drug-likeness (QED) is 0.588. The van der Waals surface area contributed by atoms with Gasteiger partial charge in [0.05, 0.1) is 13.8 Å². The molecule has 0 saturated carbocycles. The number of likely N-dealkylation sites (tertiary alicyclic amines) is 1. The van der Waals surface area contributed by atoms with Gasteiger partial charge in [0.1, 0.15) is 5.54 Å². The first-order chi connectivity index (χ1) is 11.1. The number of esters is 1. The number of anilines is 1. The van der Waals surface area contributed by atoms with E-state index in [2.05, 4.69) is 15.0 Å². The second-order valence-corrected chi connectivity index (χ2v) is 5.74. The zero-order valence-electron chi connectivity index (χ0n) is 12.9. The van der Waals surface area contributed by atoms with Crippen molar-refractivity contribution in [2.24, 2.45) is 0 Å². The fourth-order valence-electron chi connectivity index (χ4n) is 3.33. The lowest BCUT2D eigenvalue weighted by Crippen LogP contribution is -2.58. The van der Waals surface area contributed by atoms with Crippen molar-refractivity contribution in [2.75, 3.05) is 31.8 Å². The van der Waals surface area contributed by atoms with Crippen LogP contribution in [0.15, 0.2) is 30.3 Å². The smallest absolute Gasteiger partial charge is 0.396 e. The summed E-state index contributed by atoms with van der Waals surface area (Å²) in [6.45, 7) is 1.16. The number of nitrogens with one attached hydrogen (secondary N) is 1. The second-order valence-electron chi connectivity index (χ2n) is 5.74. The topological polar surface area (TPSA) is 79.0 Å². The molecule has 0 aromatic heterocycles. The lowest BCUT2D eigenvalue weighted by molar-refractivity contribution is -0.159. The van der Waals surface area contributed by atoms with E-state index >= 15 is 0 Å². The molecule has 1 aromatic rings. The van der Waals surface area contributed by atoms with Crippen LogP contribution in [0.2, 0.25) is 0 Å². The van der Waals surface area contributed by atoms with Crippen LogP contribution < -0.4 is 10.2 Å². The molecule has 0 radical (unpaired) electrons. The van der Waals surface area contributed by atoms with E-state index in [0.717, 1.165) is 5.69 Å². The number of nitrogens with zero attached hydrogens (tertiary/aromatic N) is 2. The Labute approximate surface area is 134 Å². The molecule has 1 aromatic carbocycles. The number of ether oxygens (including phenoxy) is 1. The summed E-state index contributed by atoms with van der Waals surface area (Å²) in [4.78, 5) is 39.2. The fourth-order valence-corrected chi connectivity index (χ4v) is 3.33. The summed E-state index contributed by atoms with van der Waals surface area (Å²) >= 11 is 0. The molecule has 7 nitrogen and oxygen atoms in total. The Morgan fingerprint density at radius 1 is 1.17 bits per heavy atom. The number of hydrogen-bond donors (Lipinski definition) is 1. The van der Waals surface area contributed by atoms with Crippen LogP contribution in [-0.4, -0.2) is 55.1 Å². The van der Waals surface area contributed by atoms with Gasteiger partial charge in [0.15, 0.2) is 0 Å². The number of methoxy groups -OCH3 is 1. The molecule has 1 N–H and O–H groups in total. The Morgan fingerprint density at radius 2 is 1.83 bits per heavy atom. The van der Waals surface area contributed by atoms with Crippen LogP contribution in [0, 0.1) is 0 Å². The van der Waals surface area contributed by atoms with Crippen LogP contribution in [0.1, 0.15) is 12.8 Å². The lowest BCUT2D eigenvalue weighted by atomic mass is 9.85. The summed E-state index contributed by atoms with van der Waals surface area (Å²) in [6.07, 6.45) is 0.965. The molecule has 2 amide bonds. The number of benzene rings is 1. The molecule has 2 heterocycles. The number of para-hydroxylation sites is 1. The molecule has 0 bridgehead atoms. The van der Waals surface area contributed by atoms with Crippen LogP contribution in [0.5, 0.6) is 0 Å². The highest BCUT2D eigenvalue weighted by molar-refractivity contribution is 6.32. The Morgan fingerprint density at radius 3 is 2.43 bits per heavy atom. The Balaban J connectivity index is 1.78. The van der Waals surface area contributed by atoms with Gasteiger partial charge in [-0.05, 0) is 25.0 Å². The molecule has 0 unspecified atom stereocenters. The maximum absolute atomic E-state index is 12.5. The second kappa shape index (κ2) is 5.91. The Kier molecular flexibility index (Phi) is 3.94. The summed E-state index contributed by atoms with van der Waals surface area (Å²) in [5, 5.41) is 2.90. The molecule has 1 spiro atoms. The maximum atomic E-state index is 12.5. The summed E-state index contributed by atoms with van der Waals surface area (Å²) in [7, 11) is 1.19. The largest absolute Gasteiger partial charge is 0.462 e. The van der Waals surface area contributed by atoms with Crippen LogP contribution in [0.4, 0.5) is 5.69 Å². The highest BCUT2D eigenvalue weighted by atomic mass is 16.5. The average Bonchev–Trinajstić information content (AvgIpc) is 2.91. The van der Waals surface area contributed by atoms with E-state index in [1.807, 2.05) is 30.3 Å². The first kappa shape index (κ1) is 15.3. The van der Waals surface area contributed by atoms with Gasteiger partial charge in [-0.15, -0.1) is 0 Å². The SMILES string of the molecule is COC(=O)C(=O)N1CCC2(CC1)C(=O)NCN2c1ccccc1. The number of hydrogen-bond acceptors (Lipinski definition) is 5. The monoisotopic (exact) mass is 317 g/mol. The molecule has 0 atom stereocenters. The minimum atomic E-state index is -0.864. The van der Waals surface area contributed by atoms with E-state index in [9.17, 15) is 14.4 Å². The minimum Gasteiger partial charge on any atom is -0.462 e. The molecule has 2 aliphatic heterocycles. The van der Waals surface area contributed by atoms with E-state index < -0.39 is 17.4 Å². The van der Waals surface area contributed by atoms with Gasteiger partial charge in [-0.25, -0.2) is 4.79 Å². The average molecular weight is 317 g/mol. The van der Waals surface area contributed by atoms with Gasteiger partial charge in [0.25, 0.3) is 0 Å². The van der Waals surface area contributed by atoms with E-state index in [4.69, 9.17) is 0 Å². The van der Waals surface area contributed by atoms with Gasteiger partial charge in [-0.1, -0.05) is 18.2 Å². The molecule has 2 fully saturated rings. The number of amides is 2. The maximum Gasteiger partial charge on any atom is 0.396 e. The highest BCUT2D eigenvalue weighted by Gasteiger charge is 2.51. The van der Waals surface area contributed by atoms with E-state index in [0.29, 0.717) is 32.6 Å². The first-order valence-electron chi connectivity index (χ1n) is 7.57. The Bertz CT molecular complexity index is 623. The normalized spacial score (nSPS) is 19.6. The summed E-state index contributed by atoms with van der Waals surface area (Å²) in [5.74, 6) is -1.53. The van der Waals surface area contributed by atoms with E-state index in [1.54, 1.807) is 0 Å². The van der Waals surface area contributed by atoms with Crippen molar-refractivity contribution in [1.29, 1.82) is 0 Å². The van der Waals surface area contributed by atoms with Crippen molar-refractivity contribution in [3.8, 4) is 0 Å². The van der Waals surface area contributed by atoms with Crippen molar-refractivity contribution >= 4 is 23.5 Å². The van der Waals surface area contributed by atoms with Gasteiger partial charge in [0.2, 0.25) is 5.91 Å². The number of carbonyl (C=O) groups is 3. The predicted octanol–water partition coefficient (Wildman–Crippen LogP) is 0.115. The first-order valence-corrected chi connectivity index (χ1v) is 7.57. The van der Waals surface area contributed by atoms with Crippen molar-refractivity contribution in [2.45, 2.75) is 18.4 Å². The van der Waals surface area contributed by atoms with Crippen LogP contribution in [0.3, 0.4) is 0 Å². The molecule has 3 rings (SSSR count). The van der Waals surface area contributed by atoms with Crippen LogP contribution >= 0.6 is 0 Å². The molecule has 7 heteroatoms. The molecular weight excluding hydrogens is 298 g/mol. The molecule has 122 valence electrons. The van der Waals surface area contributed by atoms with Crippen molar-refractivity contribution in [3.63, 3.8) is 0 Å². The molecule has 0 aliphatic carbocycles. The summed E-state index contributed by atoms with van der Waals surface area (Å²) < 4.78 is 4.47. The third kappa shape index (κ3) is 2.52. The number of carbonyl (C=O) groups excluding carboxylic acids is 3. The zero-order valence-corrected chi connectivity index (χ0v) is 12.9. The van der Waals surface area contributed by atoms with E-state index in [-0.39, 0.29) is 5.91 Å². The van der Waals surface area contributed by atoms with Gasteiger partial charge in [-0.2, -0.15) is 0 Å². The zero-order chi connectivity index (χ0) is 16.4. The van der Waals surface area contributed by atoms with Crippen molar-refractivity contribution < 1.29 is 19.1 Å². The summed E-state index contributed by atoms with van der Waals surface area (Å²) in [5.41, 5.74) is 0.312. The standard InChI is InChI=1S/C16H19N3O4/c1-23-14(21)13(20)18-9-7-16(8-10-18)15(22)17-11-19(16)12-5-3-2-4-6-12/h2-6H,7-11H2,1H3,(H,17,22). The summed E-state index contributed by atoms with van der Waals surface area (Å²) in [6, 6.07) is 9.73. The van der Waals surface area contributed by atoms with Gasteiger partial charge in [-0.3, -0.25) is 9.59 Å². The van der Waals surface area contributed by atoms with Crippen LogP contribution in [-0.2, 0) is 19.1 Å². The van der Waals surface area contributed by atoms with Gasteiger partial charge < -0.3 is 19.9 Å². The third-order valence-electron chi connectivity index (χ3n) is 4.64. The fraction of sp³-hybridized carbons (Fsp3) is 0.438. The highest BCUT2D eigenvalue weighted by Crippen LogP contribution is 2.36. The molecular formula is C16H19N3O4. The number of piperidine rings is 1. The van der Waals surface area contributed by atoms with Crippen LogP contribution in [0.25, 0.3) is 0 Å². The van der Waals surface area contributed by atoms with Gasteiger partial charge in [0, 0.05) is 18.8 Å². The Hall–Kier alpha value is -2.57. The lowest BCUT2D eigenvalue weighted by Gasteiger charge is -2.43. The third-order valence-corrected chi connectivity index (χ3v) is 4.64. The molecule has 2 saturated heterocycles. The van der Waals surface area contributed by atoms with Gasteiger partial charge >= 0.3 is 11.9 Å². The number of rotatable bonds is 1. The molecule has 23 heavy (non-hydrogen) atoms.